The Balaban J connectivity index is 1.84. The second-order valence-corrected chi connectivity index (χ2v) is 6.08. The second kappa shape index (κ2) is 5.93. The number of fused-ring (bicyclic) bond motifs is 1. The number of hydrogen-bond donors (Lipinski definition) is 3. The van der Waals surface area contributed by atoms with Crippen LogP contribution in [0.3, 0.4) is 0 Å². The van der Waals surface area contributed by atoms with Gasteiger partial charge < -0.3 is 21.1 Å². The Morgan fingerprint density at radius 3 is 3.05 bits per heavy atom. The van der Waals surface area contributed by atoms with Crippen molar-refractivity contribution in [2.75, 3.05) is 35.6 Å². The SMILES string of the molecule is Nc1cc2c(cc1N1CCCC(CCO)C1)NC(=O)CC2. The van der Waals surface area contributed by atoms with Crippen LogP contribution in [-0.2, 0) is 11.2 Å². The molecular formula is C16H23N3O2. The first-order chi connectivity index (χ1) is 10.2. The monoisotopic (exact) mass is 289 g/mol. The van der Waals surface area contributed by atoms with Crippen molar-refractivity contribution in [1.29, 1.82) is 0 Å². The quantitative estimate of drug-likeness (QED) is 0.741. The molecule has 114 valence electrons. The molecule has 0 aromatic heterocycles. The summed E-state index contributed by atoms with van der Waals surface area (Å²) in [6.45, 7) is 2.16. The molecule has 0 bridgehead atoms. The summed E-state index contributed by atoms with van der Waals surface area (Å²) in [5.41, 5.74) is 10.1. The normalized spacial score (nSPS) is 21.9. The smallest absolute Gasteiger partial charge is 0.224 e. The van der Waals surface area contributed by atoms with Crippen molar-refractivity contribution in [2.45, 2.75) is 32.1 Å². The lowest BCUT2D eigenvalue weighted by Crippen LogP contribution is -2.36. The number of aliphatic hydroxyl groups excluding tert-OH is 1. The van der Waals surface area contributed by atoms with Gasteiger partial charge in [-0.25, -0.2) is 0 Å². The zero-order valence-electron chi connectivity index (χ0n) is 12.3. The van der Waals surface area contributed by atoms with Gasteiger partial charge in [-0.2, -0.15) is 0 Å². The summed E-state index contributed by atoms with van der Waals surface area (Å²) in [6, 6.07) is 4.02. The van der Waals surface area contributed by atoms with E-state index in [0.717, 1.165) is 55.0 Å². The number of hydrogen-bond acceptors (Lipinski definition) is 4. The Labute approximate surface area is 125 Å². The summed E-state index contributed by atoms with van der Waals surface area (Å²) in [5, 5.41) is 12.1. The van der Waals surface area contributed by atoms with Gasteiger partial charge in [0.1, 0.15) is 0 Å². The van der Waals surface area contributed by atoms with E-state index in [1.54, 1.807) is 0 Å². The molecule has 1 amide bonds. The molecule has 2 aliphatic rings. The van der Waals surface area contributed by atoms with Crippen molar-refractivity contribution in [3.8, 4) is 0 Å². The molecule has 4 N–H and O–H groups in total. The maximum absolute atomic E-state index is 11.6. The van der Waals surface area contributed by atoms with E-state index >= 15 is 0 Å². The predicted octanol–water partition coefficient (Wildman–Crippen LogP) is 1.75. The fourth-order valence-electron chi connectivity index (χ4n) is 3.41. The molecule has 21 heavy (non-hydrogen) atoms. The number of piperidine rings is 1. The highest BCUT2D eigenvalue weighted by Gasteiger charge is 2.23. The molecule has 1 atom stereocenters. The Morgan fingerprint density at radius 2 is 2.24 bits per heavy atom. The van der Waals surface area contributed by atoms with E-state index in [0.29, 0.717) is 12.3 Å². The van der Waals surface area contributed by atoms with Crippen molar-refractivity contribution >= 4 is 23.0 Å². The topological polar surface area (TPSA) is 78.6 Å². The van der Waals surface area contributed by atoms with Gasteiger partial charge in [0.25, 0.3) is 0 Å². The van der Waals surface area contributed by atoms with Crippen LogP contribution in [0.25, 0.3) is 0 Å². The molecule has 1 unspecified atom stereocenters. The number of carbonyl (C=O) groups excluding carboxylic acids is 1. The molecular weight excluding hydrogens is 266 g/mol. The van der Waals surface area contributed by atoms with Gasteiger partial charge in [0, 0.05) is 31.8 Å². The summed E-state index contributed by atoms with van der Waals surface area (Å²) < 4.78 is 0. The average Bonchev–Trinajstić information content (AvgIpc) is 2.48. The van der Waals surface area contributed by atoms with Crippen LogP contribution in [0.5, 0.6) is 0 Å². The highest BCUT2D eigenvalue weighted by molar-refractivity contribution is 5.95. The number of nitrogens with one attached hydrogen (secondary N) is 1. The van der Waals surface area contributed by atoms with Crippen LogP contribution >= 0.6 is 0 Å². The lowest BCUT2D eigenvalue weighted by atomic mass is 9.94. The second-order valence-electron chi connectivity index (χ2n) is 6.08. The molecule has 1 fully saturated rings. The van der Waals surface area contributed by atoms with E-state index in [2.05, 4.69) is 10.2 Å². The Morgan fingerprint density at radius 1 is 1.38 bits per heavy atom. The number of amides is 1. The Kier molecular flexibility index (Phi) is 4.01. The minimum Gasteiger partial charge on any atom is -0.397 e. The third-order valence-corrected chi connectivity index (χ3v) is 4.55. The molecule has 1 saturated heterocycles. The number of rotatable bonds is 3. The van der Waals surface area contributed by atoms with E-state index in [4.69, 9.17) is 10.8 Å². The highest BCUT2D eigenvalue weighted by atomic mass is 16.3. The molecule has 0 radical (unpaired) electrons. The predicted molar refractivity (Wildman–Crippen MR) is 84.4 cm³/mol. The summed E-state index contributed by atoms with van der Waals surface area (Å²) >= 11 is 0. The number of aliphatic hydroxyl groups is 1. The Hall–Kier alpha value is -1.75. The van der Waals surface area contributed by atoms with Crippen LogP contribution in [0.15, 0.2) is 12.1 Å². The number of aryl methyl sites for hydroxylation is 1. The molecule has 1 aromatic carbocycles. The van der Waals surface area contributed by atoms with Crippen molar-refractivity contribution in [2.24, 2.45) is 5.92 Å². The lowest BCUT2D eigenvalue weighted by Gasteiger charge is -2.35. The average molecular weight is 289 g/mol. The summed E-state index contributed by atoms with van der Waals surface area (Å²) in [6.07, 6.45) is 4.43. The van der Waals surface area contributed by atoms with Gasteiger partial charge in [-0.1, -0.05) is 0 Å². The van der Waals surface area contributed by atoms with Crippen LogP contribution in [0, 0.1) is 5.92 Å². The lowest BCUT2D eigenvalue weighted by molar-refractivity contribution is -0.116. The summed E-state index contributed by atoms with van der Waals surface area (Å²) in [5.74, 6) is 0.601. The van der Waals surface area contributed by atoms with Gasteiger partial charge in [0.05, 0.1) is 11.4 Å². The van der Waals surface area contributed by atoms with E-state index in [1.807, 2.05) is 12.1 Å². The maximum Gasteiger partial charge on any atom is 0.224 e. The van der Waals surface area contributed by atoms with E-state index in [-0.39, 0.29) is 12.5 Å². The molecule has 2 heterocycles. The minimum atomic E-state index is 0.0787. The zero-order valence-corrected chi connectivity index (χ0v) is 12.3. The first kappa shape index (κ1) is 14.2. The number of nitrogens with zero attached hydrogens (tertiary/aromatic N) is 1. The zero-order chi connectivity index (χ0) is 14.8. The largest absolute Gasteiger partial charge is 0.397 e. The van der Waals surface area contributed by atoms with E-state index in [1.165, 1.54) is 6.42 Å². The maximum atomic E-state index is 11.6. The van der Waals surface area contributed by atoms with Crippen LogP contribution in [0.2, 0.25) is 0 Å². The van der Waals surface area contributed by atoms with Crippen molar-refractivity contribution in [3.05, 3.63) is 17.7 Å². The number of benzene rings is 1. The van der Waals surface area contributed by atoms with Crippen LogP contribution in [0.4, 0.5) is 17.1 Å². The van der Waals surface area contributed by atoms with Crippen LogP contribution < -0.4 is 16.0 Å². The first-order valence-electron chi connectivity index (χ1n) is 7.75. The van der Waals surface area contributed by atoms with Crippen LogP contribution in [-0.4, -0.2) is 30.7 Å². The van der Waals surface area contributed by atoms with Crippen molar-refractivity contribution < 1.29 is 9.90 Å². The minimum absolute atomic E-state index is 0.0787. The van der Waals surface area contributed by atoms with E-state index < -0.39 is 0 Å². The van der Waals surface area contributed by atoms with Gasteiger partial charge in [-0.3, -0.25) is 4.79 Å². The fraction of sp³-hybridized carbons (Fsp3) is 0.562. The van der Waals surface area contributed by atoms with E-state index in [9.17, 15) is 4.79 Å². The fourth-order valence-corrected chi connectivity index (χ4v) is 3.41. The van der Waals surface area contributed by atoms with Crippen LogP contribution in [0.1, 0.15) is 31.2 Å². The number of nitrogen functional groups attached to an aromatic ring is 1. The molecule has 0 saturated carbocycles. The number of carbonyl (C=O) groups is 1. The van der Waals surface area contributed by atoms with Gasteiger partial charge in [0.2, 0.25) is 5.91 Å². The third-order valence-electron chi connectivity index (χ3n) is 4.55. The first-order valence-corrected chi connectivity index (χ1v) is 7.75. The van der Waals surface area contributed by atoms with Gasteiger partial charge in [0.15, 0.2) is 0 Å². The summed E-state index contributed by atoms with van der Waals surface area (Å²) in [4.78, 5) is 13.8. The molecule has 0 aliphatic carbocycles. The van der Waals surface area contributed by atoms with Gasteiger partial charge in [-0.05, 0) is 49.3 Å². The number of nitrogens with two attached hydrogens (primary N) is 1. The highest BCUT2D eigenvalue weighted by Crippen LogP contribution is 2.35. The summed E-state index contributed by atoms with van der Waals surface area (Å²) in [7, 11) is 0. The molecule has 5 heteroatoms. The van der Waals surface area contributed by atoms with Crippen molar-refractivity contribution in [1.82, 2.24) is 0 Å². The van der Waals surface area contributed by atoms with Gasteiger partial charge >= 0.3 is 0 Å². The molecule has 2 aliphatic heterocycles. The standard InChI is InChI=1S/C16H23N3O2/c17-13-8-12-3-4-16(21)18-14(12)9-15(13)19-6-1-2-11(10-19)5-7-20/h8-9,11,20H,1-7,10,17H2,(H,18,21). The molecule has 1 aromatic rings. The molecule has 3 rings (SSSR count). The third kappa shape index (κ3) is 2.97. The van der Waals surface area contributed by atoms with Gasteiger partial charge in [-0.15, -0.1) is 0 Å². The number of anilines is 3. The van der Waals surface area contributed by atoms with Crippen molar-refractivity contribution in [3.63, 3.8) is 0 Å². The molecule has 0 spiro atoms. The Bertz CT molecular complexity index is 543. The molecule has 5 nitrogen and oxygen atoms in total.